The number of hydrogen-bond donors (Lipinski definition) is 0. The third-order valence-electron chi connectivity index (χ3n) is 4.78. The quantitative estimate of drug-likeness (QED) is 0.496. The molecule has 0 radical (unpaired) electrons. The van der Waals surface area contributed by atoms with Crippen LogP contribution in [0.25, 0.3) is 11.0 Å². The molecular formula is C22H22O5. The molecule has 0 aliphatic heterocycles. The van der Waals surface area contributed by atoms with E-state index in [9.17, 15) is 9.59 Å². The van der Waals surface area contributed by atoms with Crippen LogP contribution in [0.4, 0.5) is 0 Å². The largest absolute Gasteiger partial charge is 0.488 e. The molecule has 1 aromatic heterocycles. The van der Waals surface area contributed by atoms with Gasteiger partial charge in [-0.15, -0.1) is 0 Å². The lowest BCUT2D eigenvalue weighted by molar-refractivity contribution is 0.0600. The van der Waals surface area contributed by atoms with Gasteiger partial charge in [-0.25, -0.2) is 9.59 Å². The maximum atomic E-state index is 12.2. The van der Waals surface area contributed by atoms with Crippen LogP contribution in [0.15, 0.2) is 45.6 Å². The number of carbonyl (C=O) groups excluding carboxylic acids is 1. The Morgan fingerprint density at radius 3 is 2.37 bits per heavy atom. The fourth-order valence-corrected chi connectivity index (χ4v) is 3.15. The van der Waals surface area contributed by atoms with Crippen LogP contribution in [-0.4, -0.2) is 13.1 Å². The summed E-state index contributed by atoms with van der Waals surface area (Å²) >= 11 is 0. The van der Waals surface area contributed by atoms with E-state index in [1.807, 2.05) is 45.0 Å². The molecule has 0 spiro atoms. The molecule has 0 atom stereocenters. The van der Waals surface area contributed by atoms with Crippen LogP contribution in [0.5, 0.6) is 5.75 Å². The monoisotopic (exact) mass is 366 g/mol. The van der Waals surface area contributed by atoms with Gasteiger partial charge in [0.05, 0.1) is 12.7 Å². The summed E-state index contributed by atoms with van der Waals surface area (Å²) < 4.78 is 16.2. The van der Waals surface area contributed by atoms with Crippen molar-refractivity contribution in [1.29, 1.82) is 0 Å². The summed E-state index contributed by atoms with van der Waals surface area (Å²) in [5, 5.41) is 0.929. The topological polar surface area (TPSA) is 65.7 Å². The van der Waals surface area contributed by atoms with Gasteiger partial charge in [-0.1, -0.05) is 19.1 Å². The third kappa shape index (κ3) is 3.58. The maximum absolute atomic E-state index is 12.2. The van der Waals surface area contributed by atoms with E-state index in [2.05, 4.69) is 0 Å². The Kier molecular flexibility index (Phi) is 5.31. The van der Waals surface area contributed by atoms with Gasteiger partial charge >= 0.3 is 11.6 Å². The standard InChI is InChI=1S/C22H22O5/c1-5-17-13(2)18-10-11-19(14(3)20(18)27-22(17)24)26-12-15-6-8-16(9-7-15)21(23)25-4/h6-11H,5,12H2,1-4H3. The number of rotatable bonds is 5. The minimum Gasteiger partial charge on any atom is -0.488 e. The number of aryl methyl sites for hydroxylation is 2. The highest BCUT2D eigenvalue weighted by Crippen LogP contribution is 2.30. The summed E-state index contributed by atoms with van der Waals surface area (Å²) in [6.07, 6.45) is 0.642. The van der Waals surface area contributed by atoms with Gasteiger partial charge < -0.3 is 13.9 Å². The number of methoxy groups -OCH3 is 1. The summed E-state index contributed by atoms with van der Waals surface area (Å²) in [6, 6.07) is 10.9. The number of esters is 1. The Morgan fingerprint density at radius 1 is 1.04 bits per heavy atom. The van der Waals surface area contributed by atoms with E-state index in [4.69, 9.17) is 13.9 Å². The Morgan fingerprint density at radius 2 is 1.74 bits per heavy atom. The van der Waals surface area contributed by atoms with Crippen LogP contribution in [0.2, 0.25) is 0 Å². The first-order valence-electron chi connectivity index (χ1n) is 8.82. The average Bonchev–Trinajstić information content (AvgIpc) is 2.68. The molecule has 1 heterocycles. The highest BCUT2D eigenvalue weighted by Gasteiger charge is 2.14. The molecule has 0 saturated carbocycles. The zero-order chi connectivity index (χ0) is 19.6. The molecule has 0 amide bonds. The van der Waals surface area contributed by atoms with Crippen LogP contribution < -0.4 is 10.4 Å². The second kappa shape index (κ2) is 7.66. The molecule has 2 aromatic carbocycles. The van der Waals surface area contributed by atoms with Crippen molar-refractivity contribution in [2.45, 2.75) is 33.8 Å². The lowest BCUT2D eigenvalue weighted by Crippen LogP contribution is -2.09. The fourth-order valence-electron chi connectivity index (χ4n) is 3.15. The normalized spacial score (nSPS) is 10.8. The highest BCUT2D eigenvalue weighted by atomic mass is 16.5. The van der Waals surface area contributed by atoms with E-state index >= 15 is 0 Å². The van der Waals surface area contributed by atoms with Gasteiger partial charge in [0.15, 0.2) is 0 Å². The Balaban J connectivity index is 1.86. The molecule has 140 valence electrons. The molecule has 0 bridgehead atoms. The van der Waals surface area contributed by atoms with Crippen molar-refractivity contribution in [2.24, 2.45) is 0 Å². The second-order valence-corrected chi connectivity index (χ2v) is 6.39. The number of benzene rings is 2. The first kappa shape index (κ1) is 18.7. The minimum absolute atomic E-state index is 0.291. The first-order valence-corrected chi connectivity index (χ1v) is 8.82. The molecule has 0 unspecified atom stereocenters. The molecule has 3 aromatic rings. The Labute approximate surface area is 157 Å². The highest BCUT2D eigenvalue weighted by molar-refractivity contribution is 5.89. The van der Waals surface area contributed by atoms with Gasteiger partial charge in [0, 0.05) is 16.5 Å². The van der Waals surface area contributed by atoms with Crippen molar-refractivity contribution in [3.63, 3.8) is 0 Å². The maximum Gasteiger partial charge on any atom is 0.339 e. The van der Waals surface area contributed by atoms with E-state index in [1.54, 1.807) is 12.1 Å². The summed E-state index contributed by atoms with van der Waals surface area (Å²) in [4.78, 5) is 23.7. The smallest absolute Gasteiger partial charge is 0.339 e. The molecule has 0 fully saturated rings. The van der Waals surface area contributed by atoms with Gasteiger partial charge in [0.2, 0.25) is 0 Å². The van der Waals surface area contributed by atoms with E-state index in [0.717, 1.165) is 22.1 Å². The number of fused-ring (bicyclic) bond motifs is 1. The SMILES string of the molecule is CCc1c(C)c2ccc(OCc3ccc(C(=O)OC)cc3)c(C)c2oc1=O. The predicted molar refractivity (Wildman–Crippen MR) is 103 cm³/mol. The van der Waals surface area contributed by atoms with Crippen molar-refractivity contribution < 1.29 is 18.7 Å². The van der Waals surface area contributed by atoms with Gasteiger partial charge in [0.1, 0.15) is 17.9 Å². The summed E-state index contributed by atoms with van der Waals surface area (Å²) in [5.41, 5.74) is 4.14. The number of ether oxygens (including phenoxy) is 2. The third-order valence-corrected chi connectivity index (χ3v) is 4.78. The van der Waals surface area contributed by atoms with Gasteiger partial charge in [-0.2, -0.15) is 0 Å². The first-order chi connectivity index (χ1) is 13.0. The van der Waals surface area contributed by atoms with Crippen molar-refractivity contribution in [3.05, 3.63) is 74.6 Å². The summed E-state index contributed by atoms with van der Waals surface area (Å²) in [7, 11) is 1.35. The molecule has 0 aliphatic carbocycles. The van der Waals surface area contributed by atoms with Gasteiger partial charge in [0.25, 0.3) is 0 Å². The molecule has 0 N–H and O–H groups in total. The number of hydrogen-bond acceptors (Lipinski definition) is 5. The Bertz CT molecular complexity index is 1040. The molecule has 3 rings (SSSR count). The van der Waals surface area contributed by atoms with E-state index < -0.39 is 0 Å². The molecule has 0 aliphatic rings. The van der Waals surface area contributed by atoms with Gasteiger partial charge in [-0.3, -0.25) is 0 Å². The van der Waals surface area contributed by atoms with Crippen molar-refractivity contribution in [2.75, 3.05) is 7.11 Å². The summed E-state index contributed by atoms with van der Waals surface area (Å²) in [6.45, 7) is 6.11. The van der Waals surface area contributed by atoms with Crippen LogP contribution in [-0.2, 0) is 17.8 Å². The van der Waals surface area contributed by atoms with Crippen LogP contribution in [0, 0.1) is 13.8 Å². The second-order valence-electron chi connectivity index (χ2n) is 6.39. The minimum atomic E-state index is -0.371. The zero-order valence-electron chi connectivity index (χ0n) is 15.9. The number of carbonyl (C=O) groups is 1. The fraction of sp³-hybridized carbons (Fsp3) is 0.273. The van der Waals surface area contributed by atoms with E-state index in [0.29, 0.717) is 35.5 Å². The lowest BCUT2D eigenvalue weighted by Gasteiger charge is -2.13. The lowest BCUT2D eigenvalue weighted by atomic mass is 10.0. The molecule has 27 heavy (non-hydrogen) atoms. The van der Waals surface area contributed by atoms with E-state index in [-0.39, 0.29) is 11.6 Å². The summed E-state index contributed by atoms with van der Waals surface area (Å²) in [5.74, 6) is 0.288. The van der Waals surface area contributed by atoms with Crippen LogP contribution >= 0.6 is 0 Å². The average molecular weight is 366 g/mol. The van der Waals surface area contributed by atoms with E-state index in [1.165, 1.54) is 7.11 Å². The predicted octanol–water partition coefficient (Wildman–Crippen LogP) is 4.34. The van der Waals surface area contributed by atoms with Crippen molar-refractivity contribution >= 4 is 16.9 Å². The van der Waals surface area contributed by atoms with Crippen LogP contribution in [0.3, 0.4) is 0 Å². The Hall–Kier alpha value is -3.08. The molecule has 0 saturated heterocycles. The molecule has 5 nitrogen and oxygen atoms in total. The van der Waals surface area contributed by atoms with Crippen molar-refractivity contribution in [3.8, 4) is 5.75 Å². The van der Waals surface area contributed by atoms with Crippen LogP contribution in [0.1, 0.15) is 39.5 Å². The molecular weight excluding hydrogens is 344 g/mol. The van der Waals surface area contributed by atoms with Crippen molar-refractivity contribution in [1.82, 2.24) is 0 Å². The molecule has 5 heteroatoms. The van der Waals surface area contributed by atoms with Gasteiger partial charge in [-0.05, 0) is 55.7 Å². The zero-order valence-corrected chi connectivity index (χ0v) is 15.9.